The second kappa shape index (κ2) is 15.4. The number of rotatable bonds is 13. The number of hydrogen-bond acceptors (Lipinski definition) is 4. The minimum Gasteiger partial charge on any atom is -0.385 e. The van der Waals surface area contributed by atoms with Crippen molar-refractivity contribution in [3.63, 3.8) is 0 Å². The van der Waals surface area contributed by atoms with Gasteiger partial charge in [-0.05, 0) is 39.0 Å². The normalized spacial score (nSPS) is 16.4. The van der Waals surface area contributed by atoms with Crippen LogP contribution in [0.1, 0.15) is 52.4 Å². The number of unbranched alkanes of at least 4 members (excludes halogenated alkanes) is 1. The van der Waals surface area contributed by atoms with Crippen LogP contribution in [0.3, 0.4) is 0 Å². The lowest BCUT2D eigenvalue weighted by atomic mass is 10.1. The fourth-order valence-electron chi connectivity index (χ4n) is 2.81. The van der Waals surface area contributed by atoms with Crippen LogP contribution < -0.4 is 5.32 Å². The Kier molecular flexibility index (Phi) is 13.7. The van der Waals surface area contributed by atoms with Crippen molar-refractivity contribution in [3.05, 3.63) is 0 Å². The smallest absolute Gasteiger partial charge is 0.193 e. The van der Waals surface area contributed by atoms with Gasteiger partial charge in [0.2, 0.25) is 0 Å². The standard InChI is InChI=1S/C19H39N3O3/c1-4-6-15-24-16-7-11-21-19(20-5-2)22-12-9-18(10-13-22)25-17-8-14-23-3/h18H,4-17H2,1-3H3,(H,20,21). The fraction of sp³-hybridized carbons (Fsp3) is 0.947. The van der Waals surface area contributed by atoms with Crippen molar-refractivity contribution in [2.45, 2.75) is 58.5 Å². The maximum absolute atomic E-state index is 5.93. The van der Waals surface area contributed by atoms with Gasteiger partial charge in [-0.15, -0.1) is 0 Å². The van der Waals surface area contributed by atoms with Crippen LogP contribution in [0.15, 0.2) is 4.99 Å². The van der Waals surface area contributed by atoms with Crippen LogP contribution in [-0.4, -0.2) is 76.7 Å². The molecule has 0 aromatic rings. The summed E-state index contributed by atoms with van der Waals surface area (Å²) in [5.74, 6) is 1.04. The minimum absolute atomic E-state index is 0.378. The summed E-state index contributed by atoms with van der Waals surface area (Å²) in [6.07, 6.45) is 6.81. The van der Waals surface area contributed by atoms with E-state index in [-0.39, 0.29) is 0 Å². The zero-order valence-electron chi connectivity index (χ0n) is 16.6. The van der Waals surface area contributed by atoms with Crippen molar-refractivity contribution in [3.8, 4) is 0 Å². The Balaban J connectivity index is 2.23. The molecule has 25 heavy (non-hydrogen) atoms. The van der Waals surface area contributed by atoms with Gasteiger partial charge in [-0.2, -0.15) is 0 Å². The predicted molar refractivity (Wildman–Crippen MR) is 103 cm³/mol. The summed E-state index contributed by atoms with van der Waals surface area (Å²) in [5.41, 5.74) is 0. The fourth-order valence-corrected chi connectivity index (χ4v) is 2.81. The lowest BCUT2D eigenvalue weighted by molar-refractivity contribution is 0.00990. The van der Waals surface area contributed by atoms with Crippen LogP contribution in [0.2, 0.25) is 0 Å². The van der Waals surface area contributed by atoms with Crippen LogP contribution in [0, 0.1) is 0 Å². The summed E-state index contributed by atoms with van der Waals surface area (Å²) in [6, 6.07) is 0. The summed E-state index contributed by atoms with van der Waals surface area (Å²) < 4.78 is 16.6. The Morgan fingerprint density at radius 2 is 1.80 bits per heavy atom. The molecule has 0 saturated carbocycles. The van der Waals surface area contributed by atoms with Gasteiger partial charge in [0.25, 0.3) is 0 Å². The first-order chi connectivity index (χ1) is 12.3. The van der Waals surface area contributed by atoms with Crippen LogP contribution in [-0.2, 0) is 14.2 Å². The van der Waals surface area contributed by atoms with Crippen molar-refractivity contribution in [2.24, 2.45) is 4.99 Å². The van der Waals surface area contributed by atoms with Crippen molar-refractivity contribution in [1.82, 2.24) is 10.2 Å². The Morgan fingerprint density at radius 3 is 2.48 bits per heavy atom. The molecule has 0 aliphatic carbocycles. The Morgan fingerprint density at radius 1 is 1.04 bits per heavy atom. The van der Waals surface area contributed by atoms with Gasteiger partial charge in [-0.25, -0.2) is 0 Å². The molecule has 0 aromatic heterocycles. The molecule has 0 atom stereocenters. The van der Waals surface area contributed by atoms with Gasteiger partial charge in [0.1, 0.15) is 0 Å². The average molecular weight is 358 g/mol. The summed E-state index contributed by atoms with van der Waals surface area (Å²) >= 11 is 0. The molecule has 1 aliphatic rings. The van der Waals surface area contributed by atoms with Gasteiger partial charge in [0, 0.05) is 59.7 Å². The SMILES string of the molecule is CCCCOCCCN=C(NCC)N1CCC(OCCCOC)CC1. The van der Waals surface area contributed by atoms with Crippen molar-refractivity contribution in [1.29, 1.82) is 0 Å². The third kappa shape index (κ3) is 10.7. The molecule has 1 fully saturated rings. The zero-order valence-corrected chi connectivity index (χ0v) is 16.6. The summed E-state index contributed by atoms with van der Waals surface area (Å²) in [6.45, 7) is 11.3. The molecule has 0 bridgehead atoms. The van der Waals surface area contributed by atoms with Crippen molar-refractivity contribution >= 4 is 5.96 Å². The average Bonchev–Trinajstić information content (AvgIpc) is 2.64. The highest BCUT2D eigenvalue weighted by molar-refractivity contribution is 5.80. The van der Waals surface area contributed by atoms with Gasteiger partial charge < -0.3 is 24.4 Å². The lowest BCUT2D eigenvalue weighted by Gasteiger charge is -2.34. The van der Waals surface area contributed by atoms with Crippen LogP contribution in [0.4, 0.5) is 0 Å². The largest absolute Gasteiger partial charge is 0.385 e. The number of guanidine groups is 1. The number of likely N-dealkylation sites (tertiary alicyclic amines) is 1. The summed E-state index contributed by atoms with van der Waals surface area (Å²) in [4.78, 5) is 7.12. The molecule has 1 rings (SSSR count). The maximum atomic E-state index is 5.93. The highest BCUT2D eigenvalue weighted by atomic mass is 16.5. The summed E-state index contributed by atoms with van der Waals surface area (Å²) in [7, 11) is 1.73. The van der Waals surface area contributed by atoms with Crippen LogP contribution in [0.25, 0.3) is 0 Å². The maximum Gasteiger partial charge on any atom is 0.193 e. The molecule has 1 saturated heterocycles. The molecule has 0 amide bonds. The highest BCUT2D eigenvalue weighted by Crippen LogP contribution is 2.14. The Labute approximate surface area is 154 Å². The number of methoxy groups -OCH3 is 1. The highest BCUT2D eigenvalue weighted by Gasteiger charge is 2.21. The number of nitrogens with zero attached hydrogens (tertiary/aromatic N) is 2. The number of hydrogen-bond donors (Lipinski definition) is 1. The molecule has 0 aromatic carbocycles. The molecular weight excluding hydrogens is 318 g/mol. The Bertz CT molecular complexity index is 332. The first-order valence-electron chi connectivity index (χ1n) is 10.0. The van der Waals surface area contributed by atoms with E-state index in [1.54, 1.807) is 7.11 Å². The first kappa shape index (κ1) is 22.2. The van der Waals surface area contributed by atoms with Gasteiger partial charge in [-0.1, -0.05) is 13.3 Å². The molecule has 0 unspecified atom stereocenters. The van der Waals surface area contributed by atoms with Crippen LogP contribution in [0.5, 0.6) is 0 Å². The van der Waals surface area contributed by atoms with E-state index in [4.69, 9.17) is 19.2 Å². The molecule has 6 heteroatoms. The number of aliphatic imine (C=N–C) groups is 1. The van der Waals surface area contributed by atoms with Gasteiger partial charge in [0.05, 0.1) is 6.10 Å². The number of piperidine rings is 1. The minimum atomic E-state index is 0.378. The molecule has 0 radical (unpaired) electrons. The first-order valence-corrected chi connectivity index (χ1v) is 10.0. The second-order valence-electron chi connectivity index (χ2n) is 6.46. The Hall–Kier alpha value is -0.850. The van der Waals surface area contributed by atoms with E-state index in [1.165, 1.54) is 6.42 Å². The molecule has 148 valence electrons. The van der Waals surface area contributed by atoms with Crippen LogP contribution >= 0.6 is 0 Å². The lowest BCUT2D eigenvalue weighted by Crippen LogP contribution is -2.47. The topological polar surface area (TPSA) is 55.3 Å². The van der Waals surface area contributed by atoms with Gasteiger partial charge >= 0.3 is 0 Å². The van der Waals surface area contributed by atoms with E-state index in [9.17, 15) is 0 Å². The van der Waals surface area contributed by atoms with E-state index < -0.39 is 0 Å². The molecule has 0 spiro atoms. The second-order valence-corrected chi connectivity index (χ2v) is 6.46. The third-order valence-corrected chi connectivity index (χ3v) is 4.27. The van der Waals surface area contributed by atoms with E-state index in [1.807, 2.05) is 0 Å². The third-order valence-electron chi connectivity index (χ3n) is 4.27. The molecular formula is C19H39N3O3. The van der Waals surface area contributed by atoms with Crippen molar-refractivity contribution < 1.29 is 14.2 Å². The van der Waals surface area contributed by atoms with E-state index in [0.717, 1.165) is 90.7 Å². The molecule has 6 nitrogen and oxygen atoms in total. The van der Waals surface area contributed by atoms with Gasteiger partial charge in [0.15, 0.2) is 5.96 Å². The molecule has 1 aliphatic heterocycles. The molecule has 1 N–H and O–H groups in total. The van der Waals surface area contributed by atoms with E-state index in [0.29, 0.717) is 6.10 Å². The molecule has 1 heterocycles. The number of ether oxygens (including phenoxy) is 3. The van der Waals surface area contributed by atoms with E-state index in [2.05, 4.69) is 24.1 Å². The zero-order chi connectivity index (χ0) is 18.2. The van der Waals surface area contributed by atoms with E-state index >= 15 is 0 Å². The van der Waals surface area contributed by atoms with Crippen molar-refractivity contribution in [2.75, 3.05) is 59.7 Å². The monoisotopic (exact) mass is 357 g/mol. The number of nitrogens with one attached hydrogen (secondary N) is 1. The predicted octanol–water partition coefficient (Wildman–Crippen LogP) is 2.68. The van der Waals surface area contributed by atoms with Gasteiger partial charge in [-0.3, -0.25) is 4.99 Å². The quantitative estimate of drug-likeness (QED) is 0.312. The summed E-state index contributed by atoms with van der Waals surface area (Å²) in [5, 5.41) is 3.42.